The second-order valence-corrected chi connectivity index (χ2v) is 3.23. The van der Waals surface area contributed by atoms with Crippen molar-refractivity contribution in [2.24, 2.45) is 5.73 Å². The van der Waals surface area contributed by atoms with Crippen LogP contribution in [-0.4, -0.2) is 12.5 Å². The monoisotopic (exact) mass is 193 g/mol. The smallest absolute Gasteiger partial charge is 0.249 e. The number of amides is 1. The molecule has 0 bridgehead atoms. The second kappa shape index (κ2) is 4.13. The molecule has 0 radical (unpaired) electrons. The summed E-state index contributed by atoms with van der Waals surface area (Å²) in [6.07, 6.45) is 0. The molecule has 0 spiro atoms. The van der Waals surface area contributed by atoms with E-state index in [4.69, 9.17) is 10.5 Å². The second-order valence-electron chi connectivity index (χ2n) is 3.23. The van der Waals surface area contributed by atoms with Gasteiger partial charge in [-0.15, -0.1) is 0 Å². The van der Waals surface area contributed by atoms with E-state index < -0.39 is 0 Å². The standard InChI is InChI=1S/C11H15NO2/c1-4-14-9-5-7(2)10(11(12)13)8(3)6-9/h5-6H,4H2,1-3H3,(H2,12,13). The van der Waals surface area contributed by atoms with E-state index >= 15 is 0 Å². The molecule has 76 valence electrons. The Morgan fingerprint density at radius 3 is 2.21 bits per heavy atom. The van der Waals surface area contributed by atoms with Crippen LogP contribution in [0.3, 0.4) is 0 Å². The van der Waals surface area contributed by atoms with Gasteiger partial charge in [-0.1, -0.05) is 0 Å². The van der Waals surface area contributed by atoms with E-state index in [1.165, 1.54) is 0 Å². The Hall–Kier alpha value is -1.51. The van der Waals surface area contributed by atoms with Crippen molar-refractivity contribution in [2.75, 3.05) is 6.61 Å². The number of carbonyl (C=O) groups is 1. The fourth-order valence-electron chi connectivity index (χ4n) is 1.56. The normalized spacial score (nSPS) is 9.93. The highest BCUT2D eigenvalue weighted by atomic mass is 16.5. The Morgan fingerprint density at radius 2 is 1.86 bits per heavy atom. The minimum absolute atomic E-state index is 0.386. The van der Waals surface area contributed by atoms with Crippen LogP contribution < -0.4 is 10.5 Å². The first-order valence-electron chi connectivity index (χ1n) is 4.60. The number of primary amides is 1. The van der Waals surface area contributed by atoms with E-state index in [2.05, 4.69) is 0 Å². The van der Waals surface area contributed by atoms with E-state index in [0.717, 1.165) is 16.9 Å². The average Bonchev–Trinajstić information content (AvgIpc) is 2.01. The maximum Gasteiger partial charge on any atom is 0.249 e. The molecule has 3 nitrogen and oxygen atoms in total. The molecular weight excluding hydrogens is 178 g/mol. The van der Waals surface area contributed by atoms with Crippen LogP contribution in [0.1, 0.15) is 28.4 Å². The highest BCUT2D eigenvalue weighted by Crippen LogP contribution is 2.21. The Balaban J connectivity index is 3.18. The molecule has 0 unspecified atom stereocenters. The molecule has 2 N–H and O–H groups in total. The lowest BCUT2D eigenvalue weighted by molar-refractivity contribution is 0.0999. The summed E-state index contributed by atoms with van der Waals surface area (Å²) in [6.45, 7) is 6.26. The maximum atomic E-state index is 11.1. The number of carbonyl (C=O) groups excluding carboxylic acids is 1. The predicted molar refractivity (Wildman–Crippen MR) is 55.6 cm³/mol. The summed E-state index contributed by atoms with van der Waals surface area (Å²) >= 11 is 0. The third-order valence-corrected chi connectivity index (χ3v) is 2.06. The van der Waals surface area contributed by atoms with Crippen LogP contribution in [0, 0.1) is 13.8 Å². The van der Waals surface area contributed by atoms with Gasteiger partial charge >= 0.3 is 0 Å². The van der Waals surface area contributed by atoms with Crippen molar-refractivity contribution >= 4 is 5.91 Å². The SMILES string of the molecule is CCOc1cc(C)c(C(N)=O)c(C)c1. The molecule has 1 amide bonds. The quantitative estimate of drug-likeness (QED) is 0.795. The zero-order chi connectivity index (χ0) is 10.7. The molecular formula is C11H15NO2. The first-order valence-corrected chi connectivity index (χ1v) is 4.60. The van der Waals surface area contributed by atoms with Crippen LogP contribution in [0.25, 0.3) is 0 Å². The van der Waals surface area contributed by atoms with Gasteiger partial charge in [0.1, 0.15) is 5.75 Å². The van der Waals surface area contributed by atoms with Crippen molar-refractivity contribution in [1.29, 1.82) is 0 Å². The van der Waals surface area contributed by atoms with E-state index in [9.17, 15) is 4.79 Å². The molecule has 0 aliphatic heterocycles. The highest BCUT2D eigenvalue weighted by Gasteiger charge is 2.10. The van der Waals surface area contributed by atoms with Crippen molar-refractivity contribution in [1.82, 2.24) is 0 Å². The maximum absolute atomic E-state index is 11.1. The van der Waals surface area contributed by atoms with Gasteiger partial charge in [-0.05, 0) is 44.0 Å². The largest absolute Gasteiger partial charge is 0.494 e. The lowest BCUT2D eigenvalue weighted by Crippen LogP contribution is -2.14. The number of ether oxygens (including phenoxy) is 1. The zero-order valence-electron chi connectivity index (χ0n) is 8.76. The lowest BCUT2D eigenvalue weighted by atomic mass is 10.0. The lowest BCUT2D eigenvalue weighted by Gasteiger charge is -2.09. The topological polar surface area (TPSA) is 52.3 Å². The predicted octanol–water partition coefficient (Wildman–Crippen LogP) is 1.80. The number of hydrogen-bond donors (Lipinski definition) is 1. The van der Waals surface area contributed by atoms with Crippen LogP contribution in [0.4, 0.5) is 0 Å². The minimum atomic E-state index is -0.386. The molecule has 0 aromatic heterocycles. The molecule has 0 aliphatic carbocycles. The van der Waals surface area contributed by atoms with Crippen LogP contribution in [-0.2, 0) is 0 Å². The van der Waals surface area contributed by atoms with E-state index in [1.807, 2.05) is 32.9 Å². The van der Waals surface area contributed by atoms with E-state index in [1.54, 1.807) is 0 Å². The van der Waals surface area contributed by atoms with Gasteiger partial charge < -0.3 is 10.5 Å². The molecule has 0 saturated heterocycles. The molecule has 0 atom stereocenters. The molecule has 1 aromatic rings. The van der Waals surface area contributed by atoms with Gasteiger partial charge in [-0.3, -0.25) is 4.79 Å². The molecule has 0 heterocycles. The summed E-state index contributed by atoms with van der Waals surface area (Å²) in [5.41, 5.74) is 7.57. The van der Waals surface area contributed by atoms with E-state index in [-0.39, 0.29) is 5.91 Å². The molecule has 1 rings (SSSR count). The molecule has 0 saturated carbocycles. The van der Waals surface area contributed by atoms with Gasteiger partial charge in [-0.2, -0.15) is 0 Å². The summed E-state index contributed by atoms with van der Waals surface area (Å²) in [4.78, 5) is 11.1. The first kappa shape index (κ1) is 10.6. The summed E-state index contributed by atoms with van der Waals surface area (Å²) in [5.74, 6) is 0.399. The zero-order valence-corrected chi connectivity index (χ0v) is 8.76. The highest BCUT2D eigenvalue weighted by molar-refractivity contribution is 5.96. The summed E-state index contributed by atoms with van der Waals surface area (Å²) < 4.78 is 5.35. The molecule has 3 heteroatoms. The number of nitrogens with two attached hydrogens (primary N) is 1. The van der Waals surface area contributed by atoms with Gasteiger partial charge in [0, 0.05) is 5.56 Å². The van der Waals surface area contributed by atoms with Crippen LogP contribution in [0.5, 0.6) is 5.75 Å². The molecule has 14 heavy (non-hydrogen) atoms. The Morgan fingerprint density at radius 1 is 1.36 bits per heavy atom. The van der Waals surface area contributed by atoms with Crippen LogP contribution in [0.2, 0.25) is 0 Å². The van der Waals surface area contributed by atoms with E-state index in [0.29, 0.717) is 12.2 Å². The van der Waals surface area contributed by atoms with Gasteiger partial charge in [0.25, 0.3) is 0 Å². The summed E-state index contributed by atoms with van der Waals surface area (Å²) in [5, 5.41) is 0. The van der Waals surface area contributed by atoms with Crippen molar-refractivity contribution in [3.63, 3.8) is 0 Å². The van der Waals surface area contributed by atoms with Crippen molar-refractivity contribution in [2.45, 2.75) is 20.8 Å². The average molecular weight is 193 g/mol. The van der Waals surface area contributed by atoms with Crippen molar-refractivity contribution in [3.05, 3.63) is 28.8 Å². The molecule has 0 aliphatic rings. The number of hydrogen-bond acceptors (Lipinski definition) is 2. The summed E-state index contributed by atoms with van der Waals surface area (Å²) in [6, 6.07) is 3.66. The van der Waals surface area contributed by atoms with Crippen LogP contribution >= 0.6 is 0 Å². The van der Waals surface area contributed by atoms with Gasteiger partial charge in [-0.25, -0.2) is 0 Å². The van der Waals surface area contributed by atoms with Crippen molar-refractivity contribution < 1.29 is 9.53 Å². The third kappa shape index (κ3) is 2.05. The fraction of sp³-hybridized carbons (Fsp3) is 0.364. The first-order chi connectivity index (χ1) is 6.56. The number of rotatable bonds is 3. The number of aryl methyl sites for hydroxylation is 2. The van der Waals surface area contributed by atoms with Crippen molar-refractivity contribution in [3.8, 4) is 5.75 Å². The Bertz CT molecular complexity index is 335. The van der Waals surface area contributed by atoms with Gasteiger partial charge in [0.15, 0.2) is 0 Å². The molecule has 1 aromatic carbocycles. The Kier molecular flexibility index (Phi) is 3.12. The third-order valence-electron chi connectivity index (χ3n) is 2.06. The minimum Gasteiger partial charge on any atom is -0.494 e. The Labute approximate surface area is 83.9 Å². The number of benzene rings is 1. The van der Waals surface area contributed by atoms with Gasteiger partial charge in [0.2, 0.25) is 5.91 Å². The summed E-state index contributed by atoms with van der Waals surface area (Å²) in [7, 11) is 0. The van der Waals surface area contributed by atoms with Gasteiger partial charge in [0.05, 0.1) is 6.61 Å². The fourth-order valence-corrected chi connectivity index (χ4v) is 1.56. The van der Waals surface area contributed by atoms with Crippen LogP contribution in [0.15, 0.2) is 12.1 Å². The molecule has 0 fully saturated rings.